The summed E-state index contributed by atoms with van der Waals surface area (Å²) in [4.78, 5) is 27.8. The molecule has 1 atom stereocenters. The Morgan fingerprint density at radius 2 is 1.48 bits per heavy atom. The molecule has 0 radical (unpaired) electrons. The van der Waals surface area contributed by atoms with Gasteiger partial charge in [0.15, 0.2) is 11.5 Å². The molecule has 1 N–H and O–H groups in total. The monoisotopic (exact) mass is 445 g/mol. The summed E-state index contributed by atoms with van der Waals surface area (Å²) in [6.45, 7) is 0. The largest absolute Gasteiger partial charge is 0.507 e. The Hall–Kier alpha value is -4.26. The molecular formula is C26H23NO6. The van der Waals surface area contributed by atoms with Gasteiger partial charge in [0.25, 0.3) is 11.7 Å². The van der Waals surface area contributed by atoms with Crippen LogP contribution in [0.25, 0.3) is 5.76 Å². The molecule has 0 saturated carbocycles. The van der Waals surface area contributed by atoms with E-state index in [9.17, 15) is 14.7 Å². The molecule has 1 amide bonds. The van der Waals surface area contributed by atoms with Gasteiger partial charge in [-0.2, -0.15) is 0 Å². The van der Waals surface area contributed by atoms with E-state index in [0.717, 1.165) is 0 Å². The van der Waals surface area contributed by atoms with Crippen LogP contribution in [0.3, 0.4) is 0 Å². The van der Waals surface area contributed by atoms with E-state index in [1.54, 1.807) is 79.9 Å². The van der Waals surface area contributed by atoms with Crippen LogP contribution in [0, 0.1) is 0 Å². The standard InChI is InChI=1S/C26H23NO6/c1-31-19-12-10-18(11-13-19)27-23(17-9-14-20(32-2)21(15-17)33-3)22(25(29)26(27)30)24(28)16-7-5-4-6-8-16/h4-15,23,28H,1-3H3/t23-/m0/s1. The molecule has 1 heterocycles. The summed E-state index contributed by atoms with van der Waals surface area (Å²) in [6, 6.07) is 19.7. The van der Waals surface area contributed by atoms with Crippen molar-refractivity contribution in [2.75, 3.05) is 26.2 Å². The summed E-state index contributed by atoms with van der Waals surface area (Å²) >= 11 is 0. The molecule has 1 aliphatic rings. The van der Waals surface area contributed by atoms with Crippen LogP contribution in [-0.2, 0) is 9.59 Å². The lowest BCUT2D eigenvalue weighted by Crippen LogP contribution is -2.29. The molecule has 1 aliphatic heterocycles. The zero-order valence-electron chi connectivity index (χ0n) is 18.4. The van der Waals surface area contributed by atoms with Crippen LogP contribution >= 0.6 is 0 Å². The summed E-state index contributed by atoms with van der Waals surface area (Å²) in [5, 5.41) is 11.1. The summed E-state index contributed by atoms with van der Waals surface area (Å²) in [5.74, 6) is -0.197. The number of ether oxygens (including phenoxy) is 3. The van der Waals surface area contributed by atoms with Gasteiger partial charge in [-0.1, -0.05) is 36.4 Å². The molecule has 3 aromatic carbocycles. The quantitative estimate of drug-likeness (QED) is 0.345. The number of ketones is 1. The molecule has 168 valence electrons. The van der Waals surface area contributed by atoms with Crippen LogP contribution in [0.4, 0.5) is 5.69 Å². The number of rotatable bonds is 6. The average Bonchev–Trinajstić information content (AvgIpc) is 3.13. The van der Waals surface area contributed by atoms with Gasteiger partial charge < -0.3 is 19.3 Å². The van der Waals surface area contributed by atoms with Gasteiger partial charge in [-0.05, 0) is 42.0 Å². The van der Waals surface area contributed by atoms with Crippen LogP contribution in [0.1, 0.15) is 17.2 Å². The summed E-state index contributed by atoms with van der Waals surface area (Å²) in [6.07, 6.45) is 0. The zero-order chi connectivity index (χ0) is 23.5. The maximum Gasteiger partial charge on any atom is 0.300 e. The van der Waals surface area contributed by atoms with Gasteiger partial charge in [0.1, 0.15) is 11.5 Å². The van der Waals surface area contributed by atoms with Gasteiger partial charge >= 0.3 is 0 Å². The lowest BCUT2D eigenvalue weighted by molar-refractivity contribution is -0.132. The molecule has 7 nitrogen and oxygen atoms in total. The number of aliphatic hydroxyl groups excluding tert-OH is 1. The maximum atomic E-state index is 13.2. The topological polar surface area (TPSA) is 85.3 Å². The van der Waals surface area contributed by atoms with E-state index in [0.29, 0.717) is 34.1 Å². The third kappa shape index (κ3) is 3.89. The normalized spacial score (nSPS) is 17.2. The van der Waals surface area contributed by atoms with Gasteiger partial charge in [0, 0.05) is 11.3 Å². The van der Waals surface area contributed by atoms with E-state index >= 15 is 0 Å². The van der Waals surface area contributed by atoms with E-state index in [-0.39, 0.29) is 11.3 Å². The Balaban J connectivity index is 1.94. The number of amides is 1. The molecule has 1 fully saturated rings. The number of aliphatic hydroxyl groups is 1. The van der Waals surface area contributed by atoms with Crippen LogP contribution in [0.15, 0.2) is 78.4 Å². The van der Waals surface area contributed by atoms with Crippen molar-refractivity contribution in [2.24, 2.45) is 0 Å². The Kier molecular flexibility index (Phi) is 6.04. The van der Waals surface area contributed by atoms with Crippen molar-refractivity contribution in [3.05, 3.63) is 89.5 Å². The highest BCUT2D eigenvalue weighted by molar-refractivity contribution is 6.51. The molecule has 0 spiro atoms. The zero-order valence-corrected chi connectivity index (χ0v) is 18.4. The Morgan fingerprint density at radius 1 is 0.818 bits per heavy atom. The molecular weight excluding hydrogens is 422 g/mol. The van der Waals surface area contributed by atoms with E-state index in [1.165, 1.54) is 19.1 Å². The molecule has 0 aromatic heterocycles. The van der Waals surface area contributed by atoms with Crippen molar-refractivity contribution in [3.8, 4) is 17.2 Å². The van der Waals surface area contributed by atoms with Crippen LogP contribution in [0.2, 0.25) is 0 Å². The van der Waals surface area contributed by atoms with Crippen molar-refractivity contribution < 1.29 is 28.9 Å². The molecule has 4 rings (SSSR count). The SMILES string of the molecule is COc1ccc(N2C(=O)C(=O)C(=C(O)c3ccccc3)[C@@H]2c2ccc(OC)c(OC)c2)cc1. The van der Waals surface area contributed by atoms with E-state index < -0.39 is 17.7 Å². The Morgan fingerprint density at radius 3 is 2.09 bits per heavy atom. The second-order valence-corrected chi connectivity index (χ2v) is 7.35. The van der Waals surface area contributed by atoms with Gasteiger partial charge in [0.2, 0.25) is 0 Å². The van der Waals surface area contributed by atoms with E-state index in [2.05, 4.69) is 0 Å². The highest BCUT2D eigenvalue weighted by Crippen LogP contribution is 2.44. The predicted molar refractivity (Wildman–Crippen MR) is 124 cm³/mol. The van der Waals surface area contributed by atoms with Gasteiger partial charge in [-0.25, -0.2) is 0 Å². The number of anilines is 1. The third-order valence-corrected chi connectivity index (χ3v) is 5.57. The molecule has 0 aliphatic carbocycles. The van der Waals surface area contributed by atoms with Gasteiger partial charge in [0.05, 0.1) is 32.9 Å². The number of Topliss-reactive ketones (excluding diaryl/α,β-unsaturated/α-hetero) is 1. The minimum absolute atomic E-state index is 0.00534. The third-order valence-electron chi connectivity index (χ3n) is 5.57. The van der Waals surface area contributed by atoms with Crippen molar-refractivity contribution in [1.29, 1.82) is 0 Å². The second-order valence-electron chi connectivity index (χ2n) is 7.35. The lowest BCUT2D eigenvalue weighted by Gasteiger charge is -2.26. The number of methoxy groups -OCH3 is 3. The molecule has 1 saturated heterocycles. The summed E-state index contributed by atoms with van der Waals surface area (Å²) < 4.78 is 16.0. The number of hydrogen-bond acceptors (Lipinski definition) is 6. The van der Waals surface area contributed by atoms with Gasteiger partial charge in [-0.3, -0.25) is 14.5 Å². The van der Waals surface area contributed by atoms with Crippen molar-refractivity contribution >= 4 is 23.1 Å². The van der Waals surface area contributed by atoms with Crippen molar-refractivity contribution in [3.63, 3.8) is 0 Å². The number of carbonyl (C=O) groups is 2. The Bertz CT molecular complexity index is 1220. The molecule has 0 unspecified atom stereocenters. The van der Waals surface area contributed by atoms with Crippen molar-refractivity contribution in [1.82, 2.24) is 0 Å². The smallest absolute Gasteiger partial charge is 0.300 e. The second kappa shape index (κ2) is 9.08. The highest BCUT2D eigenvalue weighted by Gasteiger charge is 2.47. The molecule has 33 heavy (non-hydrogen) atoms. The van der Waals surface area contributed by atoms with Crippen LogP contribution in [0.5, 0.6) is 17.2 Å². The summed E-state index contributed by atoms with van der Waals surface area (Å²) in [7, 11) is 4.58. The number of benzene rings is 3. The van der Waals surface area contributed by atoms with Crippen molar-refractivity contribution in [2.45, 2.75) is 6.04 Å². The van der Waals surface area contributed by atoms with E-state index in [1.807, 2.05) is 0 Å². The fourth-order valence-corrected chi connectivity index (χ4v) is 3.93. The highest BCUT2D eigenvalue weighted by atomic mass is 16.5. The minimum Gasteiger partial charge on any atom is -0.507 e. The molecule has 0 bridgehead atoms. The van der Waals surface area contributed by atoms with E-state index in [4.69, 9.17) is 14.2 Å². The first-order chi connectivity index (χ1) is 16.0. The maximum absolute atomic E-state index is 13.2. The van der Waals surface area contributed by atoms with Gasteiger partial charge in [-0.15, -0.1) is 0 Å². The fraction of sp³-hybridized carbons (Fsp3) is 0.154. The first-order valence-corrected chi connectivity index (χ1v) is 10.2. The first-order valence-electron chi connectivity index (χ1n) is 10.2. The number of hydrogen-bond donors (Lipinski definition) is 1. The molecule has 3 aromatic rings. The minimum atomic E-state index is -0.876. The fourth-order valence-electron chi connectivity index (χ4n) is 3.93. The molecule has 7 heteroatoms. The van der Waals surface area contributed by atoms with Crippen LogP contribution < -0.4 is 19.1 Å². The lowest BCUT2D eigenvalue weighted by atomic mass is 9.94. The Labute approximate surface area is 191 Å². The number of nitrogens with zero attached hydrogens (tertiary/aromatic N) is 1. The average molecular weight is 445 g/mol. The first kappa shape index (κ1) is 22.0. The predicted octanol–water partition coefficient (Wildman–Crippen LogP) is 4.34. The van der Waals surface area contributed by atoms with Crippen LogP contribution in [-0.4, -0.2) is 38.1 Å². The number of carbonyl (C=O) groups excluding carboxylic acids is 2. The summed E-state index contributed by atoms with van der Waals surface area (Å²) in [5.41, 5.74) is 1.51.